The van der Waals surface area contributed by atoms with Crippen LogP contribution in [0.15, 0.2) is 84.9 Å². The molecule has 5 aliphatic heterocycles. The van der Waals surface area contributed by atoms with E-state index >= 15 is 0 Å². The molecule has 11 heteroatoms. The van der Waals surface area contributed by atoms with Gasteiger partial charge in [0.2, 0.25) is 11.8 Å². The molecule has 57 heavy (non-hydrogen) atoms. The first-order chi connectivity index (χ1) is 27.7. The maximum absolute atomic E-state index is 12.5. The third-order valence-corrected chi connectivity index (χ3v) is 13.2. The second-order valence-corrected chi connectivity index (χ2v) is 16.5. The molecule has 3 saturated heterocycles. The molecule has 0 bridgehead atoms. The number of nitrogens with zero attached hydrogens (tertiary/aromatic N) is 4. The van der Waals surface area contributed by atoms with Gasteiger partial charge in [0.15, 0.2) is 0 Å². The molecule has 4 aromatic rings. The van der Waals surface area contributed by atoms with E-state index in [9.17, 15) is 19.8 Å². The Morgan fingerprint density at radius 2 is 1.54 bits per heavy atom. The Morgan fingerprint density at radius 1 is 0.807 bits per heavy atom. The van der Waals surface area contributed by atoms with E-state index in [1.165, 1.54) is 29.7 Å². The number of ether oxygens (including phenoxy) is 2. The molecular formula is C46H53N5O6. The van der Waals surface area contributed by atoms with Crippen LogP contribution in [-0.2, 0) is 16.1 Å². The number of benzene rings is 4. The Labute approximate surface area is 334 Å². The van der Waals surface area contributed by atoms with Crippen molar-refractivity contribution in [3.05, 3.63) is 113 Å². The lowest BCUT2D eigenvalue weighted by atomic mass is 9.73. The molecule has 3 N–H and O–H groups in total. The number of piperazine rings is 1. The topological polar surface area (TPSA) is 118 Å². The lowest BCUT2D eigenvalue weighted by molar-refractivity contribution is -0.141. The SMILES string of the molecule is COc1cccc([C@@H]2C(c3ccc(N4CCC(CN5CCN(c6ccc7c(c6)CN([C@H]6CCC(=O)NC6=O)C7O)CC5)CC4)cc3)c3ccc(O)cc3O[C@H]2C)c1. The van der Waals surface area contributed by atoms with Gasteiger partial charge >= 0.3 is 0 Å². The van der Waals surface area contributed by atoms with E-state index in [0.717, 1.165) is 79.7 Å². The summed E-state index contributed by atoms with van der Waals surface area (Å²) in [6, 6.07) is 28.7. The highest BCUT2D eigenvalue weighted by atomic mass is 16.5. The van der Waals surface area contributed by atoms with Gasteiger partial charge in [-0.25, -0.2) is 0 Å². The third-order valence-electron chi connectivity index (χ3n) is 13.2. The van der Waals surface area contributed by atoms with Crippen molar-refractivity contribution >= 4 is 23.2 Å². The Balaban J connectivity index is 0.795. The molecule has 298 valence electrons. The molecule has 4 aromatic carbocycles. The molecule has 11 nitrogen and oxygen atoms in total. The standard InChI is InChI=1S/C46H53N5O6/c1-29-43(32-4-3-5-37(25-32)56-2)44(39-13-11-36(52)26-41(39)57-29)31-6-8-34(9-7-31)49-18-16-30(17-19-49)27-48-20-22-50(23-21-48)35-10-12-38-33(24-35)28-51(46(38)55)40-14-15-42(53)47-45(40)54/h3-13,24-26,29-30,40,43-44,46,52,55H,14-23,27-28H2,1-2H3,(H,47,53,54)/t29-,40-,43+,44?,46?/m0/s1. The summed E-state index contributed by atoms with van der Waals surface area (Å²) in [7, 11) is 1.70. The van der Waals surface area contributed by atoms with Crippen LogP contribution >= 0.6 is 0 Å². The van der Waals surface area contributed by atoms with E-state index < -0.39 is 12.3 Å². The molecule has 5 atom stereocenters. The number of aliphatic hydroxyl groups is 1. The fourth-order valence-corrected chi connectivity index (χ4v) is 10.1. The van der Waals surface area contributed by atoms with Crippen LogP contribution in [0.25, 0.3) is 0 Å². The summed E-state index contributed by atoms with van der Waals surface area (Å²) in [4.78, 5) is 33.6. The minimum atomic E-state index is -0.838. The number of aromatic hydroxyl groups is 1. The summed E-state index contributed by atoms with van der Waals surface area (Å²) in [5.41, 5.74) is 7.81. The van der Waals surface area contributed by atoms with Crippen LogP contribution in [0.3, 0.4) is 0 Å². The monoisotopic (exact) mass is 771 g/mol. The number of hydrogen-bond acceptors (Lipinski definition) is 10. The third kappa shape index (κ3) is 7.44. The first kappa shape index (κ1) is 37.5. The number of phenolic OH excluding ortho intramolecular Hbond substituents is 1. The number of anilines is 2. The van der Waals surface area contributed by atoms with Crippen molar-refractivity contribution in [3.8, 4) is 17.2 Å². The van der Waals surface area contributed by atoms with Crippen molar-refractivity contribution in [2.45, 2.75) is 69.4 Å². The summed E-state index contributed by atoms with van der Waals surface area (Å²) in [6.45, 7) is 9.79. The number of rotatable bonds is 8. The first-order valence-corrected chi connectivity index (χ1v) is 20.6. The Bertz CT molecular complexity index is 2110. The van der Waals surface area contributed by atoms with E-state index in [1.54, 1.807) is 19.2 Å². The normalized spacial score (nSPS) is 25.8. The number of aliphatic hydroxyl groups excluding tert-OH is 1. The molecule has 3 fully saturated rings. The van der Waals surface area contributed by atoms with Gasteiger partial charge in [-0.2, -0.15) is 0 Å². The van der Waals surface area contributed by atoms with E-state index in [-0.39, 0.29) is 35.5 Å². The molecule has 0 aromatic heterocycles. The van der Waals surface area contributed by atoms with E-state index in [2.05, 4.69) is 75.5 Å². The van der Waals surface area contributed by atoms with Crippen LogP contribution in [0, 0.1) is 5.92 Å². The molecule has 0 radical (unpaired) electrons. The van der Waals surface area contributed by atoms with Crippen LogP contribution < -0.4 is 24.6 Å². The Morgan fingerprint density at radius 3 is 2.30 bits per heavy atom. The van der Waals surface area contributed by atoms with E-state index in [4.69, 9.17) is 9.47 Å². The number of hydrogen-bond donors (Lipinski definition) is 3. The highest BCUT2D eigenvalue weighted by molar-refractivity contribution is 6.00. The fraction of sp³-hybridized carbons (Fsp3) is 0.435. The highest BCUT2D eigenvalue weighted by Gasteiger charge is 2.41. The zero-order valence-corrected chi connectivity index (χ0v) is 32.8. The number of methoxy groups -OCH3 is 1. The smallest absolute Gasteiger partial charge is 0.244 e. The van der Waals surface area contributed by atoms with E-state index in [0.29, 0.717) is 25.3 Å². The quantitative estimate of drug-likeness (QED) is 0.191. The molecule has 5 heterocycles. The lowest BCUT2D eigenvalue weighted by Crippen LogP contribution is -2.51. The second-order valence-electron chi connectivity index (χ2n) is 16.5. The molecule has 2 unspecified atom stereocenters. The van der Waals surface area contributed by atoms with Crippen molar-refractivity contribution in [2.24, 2.45) is 5.92 Å². The fourth-order valence-electron chi connectivity index (χ4n) is 10.1. The summed E-state index contributed by atoms with van der Waals surface area (Å²) < 4.78 is 12.0. The lowest BCUT2D eigenvalue weighted by Gasteiger charge is -2.40. The van der Waals surface area contributed by atoms with Crippen molar-refractivity contribution in [1.29, 1.82) is 0 Å². The van der Waals surface area contributed by atoms with Gasteiger partial charge in [-0.3, -0.25) is 24.7 Å². The van der Waals surface area contributed by atoms with Gasteiger partial charge in [-0.05, 0) is 91.3 Å². The van der Waals surface area contributed by atoms with Gasteiger partial charge < -0.3 is 29.5 Å². The average Bonchev–Trinajstić information content (AvgIpc) is 3.55. The van der Waals surface area contributed by atoms with Gasteiger partial charge in [0.05, 0.1) is 13.2 Å². The number of carbonyl (C=O) groups excluding carboxylic acids is 2. The summed E-state index contributed by atoms with van der Waals surface area (Å²) in [5.74, 6) is 2.02. The van der Waals surface area contributed by atoms with Crippen LogP contribution in [0.2, 0.25) is 0 Å². The van der Waals surface area contributed by atoms with Crippen LogP contribution in [0.4, 0.5) is 11.4 Å². The molecule has 0 saturated carbocycles. The molecule has 5 aliphatic rings. The number of nitrogens with one attached hydrogen (secondary N) is 1. The van der Waals surface area contributed by atoms with Crippen LogP contribution in [-0.4, -0.2) is 96.9 Å². The first-order valence-electron chi connectivity index (χ1n) is 20.6. The minimum absolute atomic E-state index is 0.0580. The van der Waals surface area contributed by atoms with Gasteiger partial charge in [-0.15, -0.1) is 0 Å². The minimum Gasteiger partial charge on any atom is -0.508 e. The average molecular weight is 772 g/mol. The van der Waals surface area contributed by atoms with Crippen molar-refractivity contribution in [1.82, 2.24) is 15.1 Å². The van der Waals surface area contributed by atoms with Crippen molar-refractivity contribution < 1.29 is 29.3 Å². The molecule has 0 spiro atoms. The predicted octanol–water partition coefficient (Wildman–Crippen LogP) is 5.75. The van der Waals surface area contributed by atoms with Crippen LogP contribution in [0.1, 0.15) is 78.5 Å². The molecular weight excluding hydrogens is 719 g/mol. The summed E-state index contributed by atoms with van der Waals surface area (Å²) in [6.07, 6.45) is 2.13. The number of amides is 2. The number of piperidine rings is 2. The summed E-state index contributed by atoms with van der Waals surface area (Å²) >= 11 is 0. The number of carbonyl (C=O) groups is 2. The Kier molecular flexibility index (Phi) is 10.3. The largest absolute Gasteiger partial charge is 0.508 e. The molecule has 2 amide bonds. The van der Waals surface area contributed by atoms with Crippen LogP contribution in [0.5, 0.6) is 17.2 Å². The number of fused-ring (bicyclic) bond motifs is 2. The predicted molar refractivity (Wildman–Crippen MR) is 219 cm³/mol. The van der Waals surface area contributed by atoms with Gasteiger partial charge in [0.1, 0.15) is 29.6 Å². The molecule has 9 rings (SSSR count). The highest BCUT2D eigenvalue weighted by Crippen LogP contribution is 2.50. The van der Waals surface area contributed by atoms with Gasteiger partial charge in [0, 0.05) is 99.2 Å². The zero-order chi connectivity index (χ0) is 39.2. The maximum atomic E-state index is 12.5. The van der Waals surface area contributed by atoms with Crippen molar-refractivity contribution in [3.63, 3.8) is 0 Å². The zero-order valence-electron chi connectivity index (χ0n) is 32.8. The van der Waals surface area contributed by atoms with Gasteiger partial charge in [0.25, 0.3) is 0 Å². The number of imide groups is 1. The van der Waals surface area contributed by atoms with Gasteiger partial charge in [-0.1, -0.05) is 36.4 Å². The van der Waals surface area contributed by atoms with E-state index in [1.807, 2.05) is 29.2 Å². The molecule has 0 aliphatic carbocycles. The van der Waals surface area contributed by atoms with Crippen molar-refractivity contribution in [2.75, 3.05) is 62.7 Å². The maximum Gasteiger partial charge on any atom is 0.244 e. The second kappa shape index (κ2) is 15.7. The summed E-state index contributed by atoms with van der Waals surface area (Å²) in [5, 5.41) is 23.7. The Hall–Kier alpha value is -5.10. The number of phenols is 1.